The molecule has 0 amide bonds. The van der Waals surface area contributed by atoms with E-state index in [9.17, 15) is 0 Å². The van der Waals surface area contributed by atoms with Gasteiger partial charge in [0.05, 0.1) is 10.7 Å². The average Bonchev–Trinajstić information content (AvgIpc) is 2.54. The van der Waals surface area contributed by atoms with Gasteiger partial charge >= 0.3 is 0 Å². The molecule has 1 saturated heterocycles. The van der Waals surface area contributed by atoms with Crippen LogP contribution < -0.4 is 10.6 Å². The number of anilines is 2. The summed E-state index contributed by atoms with van der Waals surface area (Å²) in [5, 5.41) is 0.778. The highest BCUT2D eigenvalue weighted by Crippen LogP contribution is 2.31. The minimum Gasteiger partial charge on any atom is -0.399 e. The maximum absolute atomic E-state index is 6.26. The molecule has 3 heteroatoms. The molecule has 0 saturated carbocycles. The Labute approximate surface area is 109 Å². The van der Waals surface area contributed by atoms with Gasteiger partial charge in [-0.05, 0) is 43.4 Å². The van der Waals surface area contributed by atoms with Crippen molar-refractivity contribution in [1.82, 2.24) is 0 Å². The molecule has 1 heterocycles. The summed E-state index contributed by atoms with van der Waals surface area (Å²) in [6.45, 7) is 4.51. The van der Waals surface area contributed by atoms with E-state index in [4.69, 9.17) is 17.3 Å². The third-order valence-electron chi connectivity index (χ3n) is 3.74. The van der Waals surface area contributed by atoms with E-state index in [-0.39, 0.29) is 0 Å². The molecule has 2 N–H and O–H groups in total. The van der Waals surface area contributed by atoms with Crippen LogP contribution in [0.3, 0.4) is 0 Å². The van der Waals surface area contributed by atoms with Crippen LogP contribution in [0.4, 0.5) is 11.4 Å². The van der Waals surface area contributed by atoms with Crippen LogP contribution in [0.2, 0.25) is 5.02 Å². The lowest BCUT2D eigenvalue weighted by Crippen LogP contribution is -2.24. The first-order valence-corrected chi connectivity index (χ1v) is 6.88. The maximum atomic E-state index is 6.26. The highest BCUT2D eigenvalue weighted by atomic mass is 35.5. The third-order valence-corrected chi connectivity index (χ3v) is 4.04. The maximum Gasteiger partial charge on any atom is 0.0660 e. The van der Waals surface area contributed by atoms with Crippen LogP contribution in [0.1, 0.15) is 32.6 Å². The normalized spacial score (nSPS) is 21.3. The molecule has 1 aromatic carbocycles. The lowest BCUT2D eigenvalue weighted by atomic mass is 9.98. The molecule has 2 nitrogen and oxygen atoms in total. The van der Waals surface area contributed by atoms with Crippen molar-refractivity contribution >= 4 is 23.0 Å². The van der Waals surface area contributed by atoms with E-state index in [2.05, 4.69) is 11.8 Å². The Morgan fingerprint density at radius 1 is 1.35 bits per heavy atom. The second-order valence-corrected chi connectivity index (χ2v) is 5.31. The van der Waals surface area contributed by atoms with E-state index in [0.717, 1.165) is 35.4 Å². The summed E-state index contributed by atoms with van der Waals surface area (Å²) in [4.78, 5) is 2.40. The summed E-state index contributed by atoms with van der Waals surface area (Å²) in [5.41, 5.74) is 7.60. The van der Waals surface area contributed by atoms with Gasteiger partial charge in [0.25, 0.3) is 0 Å². The predicted octanol–water partition coefficient (Wildman–Crippen LogP) is 3.94. The molecule has 1 aliphatic heterocycles. The van der Waals surface area contributed by atoms with Gasteiger partial charge in [-0.15, -0.1) is 0 Å². The molecule has 2 rings (SSSR count). The smallest absolute Gasteiger partial charge is 0.0660 e. The average molecular weight is 253 g/mol. The summed E-state index contributed by atoms with van der Waals surface area (Å²) in [7, 11) is 0. The van der Waals surface area contributed by atoms with E-state index in [1.165, 1.54) is 25.7 Å². The quantitative estimate of drug-likeness (QED) is 0.808. The molecule has 0 radical (unpaired) electrons. The number of nitrogen functional groups attached to an aromatic ring is 1. The Hall–Kier alpha value is -0.890. The van der Waals surface area contributed by atoms with Gasteiger partial charge in [0.2, 0.25) is 0 Å². The Balaban J connectivity index is 2.11. The summed E-state index contributed by atoms with van der Waals surface area (Å²) in [6, 6.07) is 5.83. The molecular weight excluding hydrogens is 232 g/mol. The third kappa shape index (κ3) is 3.06. The van der Waals surface area contributed by atoms with Crippen LogP contribution in [0.25, 0.3) is 0 Å². The van der Waals surface area contributed by atoms with Crippen molar-refractivity contribution in [2.24, 2.45) is 5.92 Å². The van der Waals surface area contributed by atoms with Crippen molar-refractivity contribution in [3.63, 3.8) is 0 Å². The van der Waals surface area contributed by atoms with Gasteiger partial charge in [0.1, 0.15) is 0 Å². The van der Waals surface area contributed by atoms with E-state index < -0.39 is 0 Å². The molecule has 1 aromatic rings. The fraction of sp³-hybridized carbons (Fsp3) is 0.571. The van der Waals surface area contributed by atoms with Crippen LogP contribution >= 0.6 is 11.6 Å². The van der Waals surface area contributed by atoms with Crippen molar-refractivity contribution in [3.05, 3.63) is 23.2 Å². The summed E-state index contributed by atoms with van der Waals surface area (Å²) < 4.78 is 0. The van der Waals surface area contributed by atoms with E-state index in [1.54, 1.807) is 0 Å². The van der Waals surface area contributed by atoms with Gasteiger partial charge in [0.15, 0.2) is 0 Å². The monoisotopic (exact) mass is 252 g/mol. The van der Waals surface area contributed by atoms with Crippen LogP contribution in [0.15, 0.2) is 18.2 Å². The highest BCUT2D eigenvalue weighted by molar-refractivity contribution is 6.33. The second kappa shape index (κ2) is 5.63. The molecule has 0 aromatic heterocycles. The van der Waals surface area contributed by atoms with Gasteiger partial charge in [-0.1, -0.05) is 24.9 Å². The van der Waals surface area contributed by atoms with E-state index in [0.29, 0.717) is 0 Å². The number of nitrogens with two attached hydrogens (primary N) is 1. The molecular formula is C14H21ClN2. The molecule has 1 aliphatic rings. The lowest BCUT2D eigenvalue weighted by molar-refractivity contribution is 0.459. The standard InChI is InChI=1S/C14H21ClN2/c1-2-11-4-3-8-17(9-7-11)14-6-5-12(16)10-13(14)15/h5-6,10-11H,2-4,7-9,16H2,1H3. The predicted molar refractivity (Wildman–Crippen MR) is 75.7 cm³/mol. The Morgan fingerprint density at radius 3 is 2.88 bits per heavy atom. The van der Waals surface area contributed by atoms with Crippen molar-refractivity contribution in [3.8, 4) is 0 Å². The number of rotatable bonds is 2. The van der Waals surface area contributed by atoms with Crippen LogP contribution in [0.5, 0.6) is 0 Å². The number of hydrogen-bond acceptors (Lipinski definition) is 2. The molecule has 1 fully saturated rings. The Morgan fingerprint density at radius 2 is 2.18 bits per heavy atom. The molecule has 1 atom stereocenters. The van der Waals surface area contributed by atoms with Gasteiger partial charge in [-0.3, -0.25) is 0 Å². The minimum atomic E-state index is 0.736. The Kier molecular flexibility index (Phi) is 4.16. The summed E-state index contributed by atoms with van der Waals surface area (Å²) in [5.74, 6) is 0.882. The van der Waals surface area contributed by atoms with Crippen LogP contribution in [0, 0.1) is 5.92 Å². The molecule has 0 spiro atoms. The number of nitrogens with zero attached hydrogens (tertiary/aromatic N) is 1. The number of halogens is 1. The number of benzene rings is 1. The molecule has 17 heavy (non-hydrogen) atoms. The van der Waals surface area contributed by atoms with Crippen LogP contribution in [-0.2, 0) is 0 Å². The fourth-order valence-electron chi connectivity index (χ4n) is 2.59. The minimum absolute atomic E-state index is 0.736. The summed E-state index contributed by atoms with van der Waals surface area (Å²) >= 11 is 6.26. The van der Waals surface area contributed by atoms with Gasteiger partial charge in [-0.25, -0.2) is 0 Å². The topological polar surface area (TPSA) is 29.3 Å². The first-order valence-electron chi connectivity index (χ1n) is 6.50. The molecule has 1 unspecified atom stereocenters. The van der Waals surface area contributed by atoms with Gasteiger partial charge in [0, 0.05) is 18.8 Å². The van der Waals surface area contributed by atoms with Crippen LogP contribution in [-0.4, -0.2) is 13.1 Å². The fourth-order valence-corrected chi connectivity index (χ4v) is 2.90. The zero-order valence-corrected chi connectivity index (χ0v) is 11.2. The number of hydrogen-bond donors (Lipinski definition) is 1. The molecule has 0 bridgehead atoms. The van der Waals surface area contributed by atoms with Crippen molar-refractivity contribution in [2.45, 2.75) is 32.6 Å². The molecule has 0 aliphatic carbocycles. The van der Waals surface area contributed by atoms with Crippen molar-refractivity contribution < 1.29 is 0 Å². The molecule has 94 valence electrons. The summed E-state index contributed by atoms with van der Waals surface area (Å²) in [6.07, 6.45) is 5.18. The highest BCUT2D eigenvalue weighted by Gasteiger charge is 2.17. The lowest BCUT2D eigenvalue weighted by Gasteiger charge is -2.24. The van der Waals surface area contributed by atoms with Crippen molar-refractivity contribution in [1.29, 1.82) is 0 Å². The van der Waals surface area contributed by atoms with Crippen molar-refractivity contribution in [2.75, 3.05) is 23.7 Å². The SMILES string of the molecule is CCC1CCCN(c2ccc(N)cc2Cl)CC1. The first kappa shape index (κ1) is 12.6. The zero-order chi connectivity index (χ0) is 12.3. The van der Waals surface area contributed by atoms with E-state index in [1.807, 2.05) is 18.2 Å². The first-order chi connectivity index (χ1) is 8.20. The Bertz CT molecular complexity index is 378. The second-order valence-electron chi connectivity index (χ2n) is 4.90. The van der Waals surface area contributed by atoms with E-state index >= 15 is 0 Å². The zero-order valence-electron chi connectivity index (χ0n) is 10.5. The van der Waals surface area contributed by atoms with Gasteiger partial charge < -0.3 is 10.6 Å². The van der Waals surface area contributed by atoms with Gasteiger partial charge in [-0.2, -0.15) is 0 Å². The largest absolute Gasteiger partial charge is 0.399 e.